The van der Waals surface area contributed by atoms with Crippen LogP contribution in [0.1, 0.15) is 31.4 Å². The van der Waals surface area contributed by atoms with Crippen molar-refractivity contribution in [2.75, 3.05) is 32.7 Å². The van der Waals surface area contributed by atoms with Crippen molar-refractivity contribution in [3.63, 3.8) is 0 Å². The summed E-state index contributed by atoms with van der Waals surface area (Å²) in [5.74, 6) is -1.18. The second kappa shape index (κ2) is 7.82. The van der Waals surface area contributed by atoms with Crippen LogP contribution in [0, 0.1) is 17.6 Å². The Hall–Kier alpha value is -1.04. The van der Waals surface area contributed by atoms with Gasteiger partial charge in [0.1, 0.15) is 0 Å². The van der Waals surface area contributed by atoms with Crippen LogP contribution in [0.25, 0.3) is 0 Å². The van der Waals surface area contributed by atoms with Crippen molar-refractivity contribution in [1.29, 1.82) is 0 Å². The normalized spacial score (nSPS) is 18.9. The summed E-state index contributed by atoms with van der Waals surface area (Å²) in [5, 5.41) is 13.2. The van der Waals surface area contributed by atoms with E-state index in [0.29, 0.717) is 18.0 Å². The van der Waals surface area contributed by atoms with Gasteiger partial charge in [-0.15, -0.1) is 0 Å². The van der Waals surface area contributed by atoms with E-state index in [1.807, 2.05) is 0 Å². The molecule has 5 heteroatoms. The monoisotopic (exact) mass is 298 g/mol. The molecule has 1 fully saturated rings. The minimum Gasteiger partial charge on any atom is -0.387 e. The van der Waals surface area contributed by atoms with Crippen LogP contribution in [0.2, 0.25) is 0 Å². The van der Waals surface area contributed by atoms with Gasteiger partial charge >= 0.3 is 0 Å². The zero-order valence-corrected chi connectivity index (χ0v) is 12.5. The highest BCUT2D eigenvalue weighted by Gasteiger charge is 2.18. The van der Waals surface area contributed by atoms with E-state index in [0.717, 1.165) is 38.3 Å². The van der Waals surface area contributed by atoms with E-state index in [1.54, 1.807) is 0 Å². The number of rotatable bonds is 6. The Morgan fingerprint density at radius 1 is 1.29 bits per heavy atom. The van der Waals surface area contributed by atoms with Crippen LogP contribution in [-0.2, 0) is 0 Å². The van der Waals surface area contributed by atoms with Gasteiger partial charge in [-0.25, -0.2) is 8.78 Å². The van der Waals surface area contributed by atoms with Crippen molar-refractivity contribution >= 4 is 0 Å². The second-order valence-corrected chi connectivity index (χ2v) is 5.73. The predicted octanol–water partition coefficient (Wildman–Crippen LogP) is 2.32. The van der Waals surface area contributed by atoms with Gasteiger partial charge in [0.05, 0.1) is 6.10 Å². The zero-order valence-electron chi connectivity index (χ0n) is 12.5. The average molecular weight is 298 g/mol. The lowest BCUT2D eigenvalue weighted by Crippen LogP contribution is -2.37. The number of aliphatic hydroxyl groups excluding tert-OH is 1. The maximum Gasteiger partial charge on any atom is 0.159 e. The fourth-order valence-electron chi connectivity index (χ4n) is 2.77. The molecule has 21 heavy (non-hydrogen) atoms. The summed E-state index contributed by atoms with van der Waals surface area (Å²) in [7, 11) is 0. The van der Waals surface area contributed by atoms with E-state index in [4.69, 9.17) is 0 Å². The molecule has 2 N–H and O–H groups in total. The van der Waals surface area contributed by atoms with E-state index in [2.05, 4.69) is 17.1 Å². The molecule has 0 radical (unpaired) electrons. The van der Waals surface area contributed by atoms with Crippen molar-refractivity contribution in [2.24, 2.45) is 5.92 Å². The van der Waals surface area contributed by atoms with Gasteiger partial charge in [0.25, 0.3) is 0 Å². The lowest BCUT2D eigenvalue weighted by Gasteiger charge is -2.31. The van der Waals surface area contributed by atoms with Crippen LogP contribution in [0.4, 0.5) is 8.78 Å². The third kappa shape index (κ3) is 4.73. The second-order valence-electron chi connectivity index (χ2n) is 5.73. The third-order valence-corrected chi connectivity index (χ3v) is 4.25. The first kappa shape index (κ1) is 16.3. The van der Waals surface area contributed by atoms with Crippen LogP contribution in [0.5, 0.6) is 0 Å². The van der Waals surface area contributed by atoms with Crippen LogP contribution in [0.15, 0.2) is 18.2 Å². The molecule has 1 saturated heterocycles. The molecular weight excluding hydrogens is 274 g/mol. The smallest absolute Gasteiger partial charge is 0.159 e. The van der Waals surface area contributed by atoms with Gasteiger partial charge in [0, 0.05) is 6.54 Å². The fourth-order valence-corrected chi connectivity index (χ4v) is 2.77. The van der Waals surface area contributed by atoms with Crippen LogP contribution < -0.4 is 5.32 Å². The van der Waals surface area contributed by atoms with Gasteiger partial charge in [0.15, 0.2) is 11.6 Å². The lowest BCUT2D eigenvalue weighted by molar-refractivity contribution is 0.160. The van der Waals surface area contributed by atoms with Crippen LogP contribution in [0.3, 0.4) is 0 Å². The molecule has 118 valence electrons. The molecule has 3 nitrogen and oxygen atoms in total. The molecule has 0 aliphatic carbocycles. The van der Waals surface area contributed by atoms with Crippen molar-refractivity contribution in [1.82, 2.24) is 10.2 Å². The van der Waals surface area contributed by atoms with Gasteiger partial charge in [-0.2, -0.15) is 0 Å². The van der Waals surface area contributed by atoms with E-state index in [-0.39, 0.29) is 0 Å². The van der Waals surface area contributed by atoms with Crippen molar-refractivity contribution in [3.05, 3.63) is 35.4 Å². The number of hydrogen-bond acceptors (Lipinski definition) is 3. The third-order valence-electron chi connectivity index (χ3n) is 4.25. The van der Waals surface area contributed by atoms with Gasteiger partial charge in [0.2, 0.25) is 0 Å². The number of benzene rings is 1. The summed E-state index contributed by atoms with van der Waals surface area (Å²) in [5.41, 5.74) is 0.405. The molecule has 1 aliphatic heterocycles. The number of likely N-dealkylation sites (tertiary alicyclic amines) is 1. The predicted molar refractivity (Wildman–Crippen MR) is 79.0 cm³/mol. The van der Waals surface area contributed by atoms with Crippen molar-refractivity contribution in [2.45, 2.75) is 25.9 Å². The number of aliphatic hydroxyl groups is 1. The summed E-state index contributed by atoms with van der Waals surface area (Å²) in [6.07, 6.45) is 1.53. The first-order valence-corrected chi connectivity index (χ1v) is 7.66. The molecule has 0 saturated carbocycles. The summed E-state index contributed by atoms with van der Waals surface area (Å²) in [4.78, 5) is 2.44. The topological polar surface area (TPSA) is 35.5 Å². The molecule has 0 spiro atoms. The Kier molecular flexibility index (Phi) is 6.08. The molecule has 1 aromatic rings. The molecular formula is C16H24F2N2O. The fraction of sp³-hybridized carbons (Fsp3) is 0.625. The van der Waals surface area contributed by atoms with Gasteiger partial charge in [-0.1, -0.05) is 13.0 Å². The van der Waals surface area contributed by atoms with Gasteiger partial charge < -0.3 is 15.3 Å². The van der Waals surface area contributed by atoms with Gasteiger partial charge in [-0.05, 0) is 62.6 Å². The Morgan fingerprint density at radius 2 is 2.00 bits per heavy atom. The minimum absolute atomic E-state index is 0.360. The molecule has 2 rings (SSSR count). The van der Waals surface area contributed by atoms with E-state index >= 15 is 0 Å². The average Bonchev–Trinajstić information content (AvgIpc) is 2.50. The molecule has 1 atom stereocenters. The molecule has 0 aromatic heterocycles. The zero-order chi connectivity index (χ0) is 15.2. The largest absolute Gasteiger partial charge is 0.387 e. The molecule has 1 aromatic carbocycles. The molecule has 0 bridgehead atoms. The summed E-state index contributed by atoms with van der Waals surface area (Å²) in [6, 6.07) is 3.53. The summed E-state index contributed by atoms with van der Waals surface area (Å²) in [6.45, 7) is 6.77. The molecule has 1 aliphatic rings. The van der Waals surface area contributed by atoms with E-state index < -0.39 is 17.7 Å². The highest BCUT2D eigenvalue weighted by Crippen LogP contribution is 2.18. The van der Waals surface area contributed by atoms with Crippen molar-refractivity contribution < 1.29 is 13.9 Å². The Balaban J connectivity index is 1.72. The number of nitrogens with one attached hydrogen (secondary N) is 1. The Morgan fingerprint density at radius 3 is 2.62 bits per heavy atom. The van der Waals surface area contributed by atoms with Gasteiger partial charge in [-0.3, -0.25) is 0 Å². The molecule has 1 heterocycles. The first-order valence-electron chi connectivity index (χ1n) is 7.66. The lowest BCUT2D eigenvalue weighted by atomic mass is 9.96. The molecule has 1 unspecified atom stereocenters. The standard InChI is InChI=1S/C16H24F2N2O/c1-2-20-7-5-12(6-8-20)10-19-11-16(21)13-3-4-14(17)15(18)9-13/h3-4,9,12,16,19,21H,2,5-8,10-11H2,1H3. The highest BCUT2D eigenvalue weighted by atomic mass is 19.2. The number of hydrogen-bond donors (Lipinski definition) is 2. The highest BCUT2D eigenvalue weighted by molar-refractivity contribution is 5.20. The number of halogens is 2. The number of piperidine rings is 1. The quantitative estimate of drug-likeness (QED) is 0.846. The number of nitrogens with zero attached hydrogens (tertiary/aromatic N) is 1. The SMILES string of the molecule is CCN1CCC(CNCC(O)c2ccc(F)c(F)c2)CC1. The first-order chi connectivity index (χ1) is 10.1. The van der Waals surface area contributed by atoms with Crippen LogP contribution in [-0.4, -0.2) is 42.7 Å². The molecule has 0 amide bonds. The Labute approximate surface area is 125 Å². The maximum atomic E-state index is 13.1. The van der Waals surface area contributed by atoms with Crippen LogP contribution >= 0.6 is 0 Å². The maximum absolute atomic E-state index is 13.1. The van der Waals surface area contributed by atoms with E-state index in [9.17, 15) is 13.9 Å². The van der Waals surface area contributed by atoms with Crippen molar-refractivity contribution in [3.8, 4) is 0 Å². The summed E-state index contributed by atoms with van der Waals surface area (Å²) >= 11 is 0. The minimum atomic E-state index is -0.918. The summed E-state index contributed by atoms with van der Waals surface area (Å²) < 4.78 is 26.0. The van der Waals surface area contributed by atoms with E-state index in [1.165, 1.54) is 18.9 Å². The Bertz CT molecular complexity index is 448.